The first kappa shape index (κ1) is 21.3. The standard InChI is InChI=1S/C24H24N6O2/c1-15(18-5-4-6-19-20(24(31)32-3)8-10-26-23(18)19)7-9-25-22-11-21(29-14-30-22)17-12-27-16(2)28-13-17/h4-6,8,10-15H,7,9H2,1-3H3,(H,25,29,30). The van der Waals surface area contributed by atoms with Crippen molar-refractivity contribution in [3.63, 3.8) is 0 Å². The zero-order valence-electron chi connectivity index (χ0n) is 18.2. The van der Waals surface area contributed by atoms with Crippen molar-refractivity contribution >= 4 is 22.7 Å². The number of esters is 1. The molecule has 0 fully saturated rings. The number of methoxy groups -OCH3 is 1. The van der Waals surface area contributed by atoms with Crippen molar-refractivity contribution in [3.05, 3.63) is 72.2 Å². The van der Waals surface area contributed by atoms with Gasteiger partial charge in [-0.1, -0.05) is 25.1 Å². The maximum Gasteiger partial charge on any atom is 0.338 e. The highest BCUT2D eigenvalue weighted by atomic mass is 16.5. The number of fused-ring (bicyclic) bond motifs is 1. The summed E-state index contributed by atoms with van der Waals surface area (Å²) in [7, 11) is 1.39. The van der Waals surface area contributed by atoms with Gasteiger partial charge in [0.2, 0.25) is 0 Å². The lowest BCUT2D eigenvalue weighted by molar-refractivity contribution is 0.0603. The van der Waals surface area contributed by atoms with E-state index in [1.807, 2.05) is 25.1 Å². The largest absolute Gasteiger partial charge is 0.465 e. The number of nitrogens with one attached hydrogen (secondary N) is 1. The minimum Gasteiger partial charge on any atom is -0.465 e. The Labute approximate surface area is 186 Å². The van der Waals surface area contributed by atoms with Gasteiger partial charge in [-0.05, 0) is 30.9 Å². The third kappa shape index (κ3) is 4.54. The molecule has 8 nitrogen and oxygen atoms in total. The summed E-state index contributed by atoms with van der Waals surface area (Å²) in [6.45, 7) is 4.72. The monoisotopic (exact) mass is 428 g/mol. The molecule has 0 amide bonds. The first-order valence-corrected chi connectivity index (χ1v) is 10.4. The van der Waals surface area contributed by atoms with E-state index in [0.29, 0.717) is 5.56 Å². The Kier molecular flexibility index (Phi) is 6.30. The van der Waals surface area contributed by atoms with E-state index in [1.54, 1.807) is 24.7 Å². The molecule has 0 saturated carbocycles. The summed E-state index contributed by atoms with van der Waals surface area (Å²) in [6, 6.07) is 9.49. The fourth-order valence-corrected chi connectivity index (χ4v) is 3.59. The Hall–Kier alpha value is -3.94. The van der Waals surface area contributed by atoms with E-state index in [4.69, 9.17) is 4.74 Å². The molecule has 162 valence electrons. The molecule has 0 saturated heterocycles. The molecule has 1 unspecified atom stereocenters. The van der Waals surface area contributed by atoms with Crippen molar-refractivity contribution in [2.24, 2.45) is 0 Å². The van der Waals surface area contributed by atoms with Crippen LogP contribution in [0, 0.1) is 6.92 Å². The van der Waals surface area contributed by atoms with Crippen molar-refractivity contribution in [3.8, 4) is 11.3 Å². The van der Waals surface area contributed by atoms with Crippen LogP contribution in [0.2, 0.25) is 0 Å². The molecule has 0 radical (unpaired) electrons. The number of ether oxygens (including phenoxy) is 1. The summed E-state index contributed by atoms with van der Waals surface area (Å²) >= 11 is 0. The maximum atomic E-state index is 12.1. The Balaban J connectivity index is 1.46. The van der Waals surface area contributed by atoms with E-state index in [-0.39, 0.29) is 11.9 Å². The van der Waals surface area contributed by atoms with Crippen LogP contribution in [0.1, 0.15) is 41.0 Å². The molecule has 1 atom stereocenters. The number of nitrogens with zero attached hydrogens (tertiary/aromatic N) is 5. The van der Waals surface area contributed by atoms with Gasteiger partial charge in [-0.2, -0.15) is 0 Å². The predicted octanol–water partition coefficient (Wildman–Crippen LogP) is 4.18. The van der Waals surface area contributed by atoms with E-state index in [9.17, 15) is 4.79 Å². The topological polar surface area (TPSA) is 103 Å². The first-order valence-electron chi connectivity index (χ1n) is 10.4. The van der Waals surface area contributed by atoms with Gasteiger partial charge >= 0.3 is 5.97 Å². The number of hydrogen-bond donors (Lipinski definition) is 1. The van der Waals surface area contributed by atoms with Crippen LogP contribution in [0.3, 0.4) is 0 Å². The number of carbonyl (C=O) groups excluding carboxylic acids is 1. The minimum absolute atomic E-state index is 0.221. The highest BCUT2D eigenvalue weighted by Crippen LogP contribution is 2.28. The smallest absolute Gasteiger partial charge is 0.338 e. The van der Waals surface area contributed by atoms with Crippen molar-refractivity contribution in [1.82, 2.24) is 24.9 Å². The number of aromatic nitrogens is 5. The van der Waals surface area contributed by atoms with Gasteiger partial charge in [0.15, 0.2) is 0 Å². The van der Waals surface area contributed by atoms with Gasteiger partial charge in [0.05, 0.1) is 23.9 Å². The number of hydrogen-bond acceptors (Lipinski definition) is 8. The van der Waals surface area contributed by atoms with E-state index in [1.165, 1.54) is 13.4 Å². The van der Waals surface area contributed by atoms with Crippen molar-refractivity contribution in [2.45, 2.75) is 26.2 Å². The third-order valence-electron chi connectivity index (χ3n) is 5.37. The number of rotatable bonds is 7. The summed E-state index contributed by atoms with van der Waals surface area (Å²) in [5, 5.41) is 4.17. The van der Waals surface area contributed by atoms with Gasteiger partial charge in [0.1, 0.15) is 18.0 Å². The van der Waals surface area contributed by atoms with Crippen LogP contribution in [-0.2, 0) is 4.74 Å². The number of para-hydroxylation sites is 1. The summed E-state index contributed by atoms with van der Waals surface area (Å²) in [5.41, 5.74) is 4.06. The van der Waals surface area contributed by atoms with Gasteiger partial charge in [-0.15, -0.1) is 0 Å². The van der Waals surface area contributed by atoms with Gasteiger partial charge in [-0.3, -0.25) is 4.98 Å². The minimum atomic E-state index is -0.359. The number of anilines is 1. The lowest BCUT2D eigenvalue weighted by Gasteiger charge is -2.16. The lowest BCUT2D eigenvalue weighted by atomic mass is 9.94. The zero-order chi connectivity index (χ0) is 22.5. The molecule has 0 aliphatic carbocycles. The number of pyridine rings is 1. The molecule has 0 spiro atoms. The maximum absolute atomic E-state index is 12.1. The van der Waals surface area contributed by atoms with Crippen LogP contribution in [0.25, 0.3) is 22.2 Å². The molecular formula is C24H24N6O2. The van der Waals surface area contributed by atoms with E-state index in [2.05, 4.69) is 43.2 Å². The Morgan fingerprint density at radius 1 is 1.09 bits per heavy atom. The average Bonchev–Trinajstić information content (AvgIpc) is 2.83. The summed E-state index contributed by atoms with van der Waals surface area (Å²) in [5.74, 6) is 1.32. The van der Waals surface area contributed by atoms with E-state index >= 15 is 0 Å². The summed E-state index contributed by atoms with van der Waals surface area (Å²) in [4.78, 5) is 33.7. The molecule has 8 heteroatoms. The first-order chi connectivity index (χ1) is 15.6. The van der Waals surface area contributed by atoms with Gasteiger partial charge in [-0.25, -0.2) is 24.7 Å². The second-order valence-electron chi connectivity index (χ2n) is 7.52. The van der Waals surface area contributed by atoms with Gasteiger partial charge in [0.25, 0.3) is 0 Å². The van der Waals surface area contributed by atoms with Crippen LogP contribution in [-0.4, -0.2) is 44.5 Å². The van der Waals surface area contributed by atoms with Crippen molar-refractivity contribution < 1.29 is 9.53 Å². The fourth-order valence-electron chi connectivity index (χ4n) is 3.59. The highest BCUT2D eigenvalue weighted by molar-refractivity contribution is 6.04. The Morgan fingerprint density at radius 2 is 1.91 bits per heavy atom. The van der Waals surface area contributed by atoms with Gasteiger partial charge in [0, 0.05) is 42.2 Å². The van der Waals surface area contributed by atoms with Crippen LogP contribution >= 0.6 is 0 Å². The fraction of sp³-hybridized carbons (Fsp3) is 0.250. The molecule has 0 aliphatic heterocycles. The normalized spacial score (nSPS) is 11.8. The molecule has 32 heavy (non-hydrogen) atoms. The molecule has 0 bridgehead atoms. The third-order valence-corrected chi connectivity index (χ3v) is 5.37. The molecule has 3 aromatic heterocycles. The lowest BCUT2D eigenvalue weighted by Crippen LogP contribution is -2.09. The average molecular weight is 428 g/mol. The molecule has 1 aromatic carbocycles. The Bertz CT molecular complexity index is 1240. The van der Waals surface area contributed by atoms with Crippen LogP contribution in [0.15, 0.2) is 55.2 Å². The number of carbonyl (C=O) groups is 1. The second-order valence-corrected chi connectivity index (χ2v) is 7.52. The quantitative estimate of drug-likeness (QED) is 0.437. The van der Waals surface area contributed by atoms with Crippen LogP contribution < -0.4 is 5.32 Å². The summed E-state index contributed by atoms with van der Waals surface area (Å²) in [6.07, 6.45) is 7.56. The molecule has 4 aromatic rings. The molecule has 4 rings (SSSR count). The predicted molar refractivity (Wildman–Crippen MR) is 122 cm³/mol. The molecule has 3 heterocycles. The zero-order valence-corrected chi connectivity index (χ0v) is 18.2. The van der Waals surface area contributed by atoms with Crippen molar-refractivity contribution in [1.29, 1.82) is 0 Å². The molecule has 0 aliphatic rings. The van der Waals surface area contributed by atoms with E-state index in [0.717, 1.165) is 52.3 Å². The number of aryl methyl sites for hydroxylation is 1. The van der Waals surface area contributed by atoms with Crippen molar-refractivity contribution in [2.75, 3.05) is 19.0 Å². The second kappa shape index (κ2) is 9.47. The van der Waals surface area contributed by atoms with Crippen LogP contribution in [0.5, 0.6) is 0 Å². The van der Waals surface area contributed by atoms with E-state index < -0.39 is 0 Å². The van der Waals surface area contributed by atoms with Gasteiger partial charge < -0.3 is 10.1 Å². The Morgan fingerprint density at radius 3 is 2.69 bits per heavy atom. The molecule has 1 N–H and O–H groups in total. The number of benzene rings is 1. The highest BCUT2D eigenvalue weighted by Gasteiger charge is 2.16. The summed E-state index contributed by atoms with van der Waals surface area (Å²) < 4.78 is 4.91. The SMILES string of the molecule is COC(=O)c1ccnc2c(C(C)CCNc3cc(-c4cnc(C)nc4)ncn3)cccc12. The molecular weight excluding hydrogens is 404 g/mol. The van der Waals surface area contributed by atoms with Crippen LogP contribution in [0.4, 0.5) is 5.82 Å².